The zero-order chi connectivity index (χ0) is 21.8. The Morgan fingerprint density at radius 2 is 1.90 bits per heavy atom. The summed E-state index contributed by atoms with van der Waals surface area (Å²) in [5.41, 5.74) is 1.77. The van der Waals surface area contributed by atoms with Crippen LogP contribution in [0.15, 0.2) is 66.9 Å². The van der Waals surface area contributed by atoms with Crippen molar-refractivity contribution in [1.29, 1.82) is 0 Å². The lowest BCUT2D eigenvalue weighted by Gasteiger charge is -2.32. The van der Waals surface area contributed by atoms with E-state index in [4.69, 9.17) is 0 Å². The average molecular weight is 425 g/mol. The fraction of sp³-hybridized carbons (Fsp3) is 0.292. The van der Waals surface area contributed by atoms with Crippen LogP contribution in [0.25, 0.3) is 11.3 Å². The SMILES string of the molecule is O=C(Cc1ccccn1)N1CCC[C@H](c2cccc(-c3cccc(C(F)(F)F)c3)n2)C1. The number of halogens is 3. The Labute approximate surface area is 178 Å². The zero-order valence-electron chi connectivity index (χ0n) is 16.8. The van der Waals surface area contributed by atoms with Crippen molar-refractivity contribution in [1.82, 2.24) is 14.9 Å². The number of pyridine rings is 2. The van der Waals surface area contributed by atoms with Crippen molar-refractivity contribution in [2.24, 2.45) is 0 Å². The molecule has 0 bridgehead atoms. The molecule has 0 aliphatic carbocycles. The first-order valence-electron chi connectivity index (χ1n) is 10.2. The Bertz CT molecular complexity index is 1050. The van der Waals surface area contributed by atoms with E-state index in [1.807, 2.05) is 35.2 Å². The van der Waals surface area contributed by atoms with E-state index in [9.17, 15) is 18.0 Å². The van der Waals surface area contributed by atoms with Crippen molar-refractivity contribution in [2.45, 2.75) is 31.4 Å². The number of carbonyl (C=O) groups excluding carboxylic acids is 1. The quantitative estimate of drug-likeness (QED) is 0.584. The molecule has 0 saturated carbocycles. The molecular formula is C24H22F3N3O. The van der Waals surface area contributed by atoms with Gasteiger partial charge in [-0.1, -0.05) is 24.3 Å². The van der Waals surface area contributed by atoms with Crippen molar-refractivity contribution in [3.05, 3.63) is 83.8 Å². The lowest BCUT2D eigenvalue weighted by Crippen LogP contribution is -2.40. The van der Waals surface area contributed by atoms with Gasteiger partial charge in [-0.3, -0.25) is 14.8 Å². The number of rotatable bonds is 4. The van der Waals surface area contributed by atoms with Crippen molar-refractivity contribution in [3.8, 4) is 11.3 Å². The van der Waals surface area contributed by atoms with Gasteiger partial charge in [0.1, 0.15) is 0 Å². The molecule has 4 rings (SSSR count). The summed E-state index contributed by atoms with van der Waals surface area (Å²) < 4.78 is 39.2. The van der Waals surface area contributed by atoms with Gasteiger partial charge in [0, 0.05) is 42.2 Å². The number of alkyl halides is 3. The van der Waals surface area contributed by atoms with E-state index in [-0.39, 0.29) is 18.2 Å². The van der Waals surface area contributed by atoms with E-state index in [0.717, 1.165) is 36.4 Å². The minimum atomic E-state index is -4.40. The molecule has 2 aromatic heterocycles. The fourth-order valence-electron chi connectivity index (χ4n) is 3.91. The fourth-order valence-corrected chi connectivity index (χ4v) is 3.91. The first kappa shape index (κ1) is 21.0. The second-order valence-electron chi connectivity index (χ2n) is 7.70. The Balaban J connectivity index is 1.50. The van der Waals surface area contributed by atoms with Crippen LogP contribution in [0.3, 0.4) is 0 Å². The molecule has 3 aromatic rings. The van der Waals surface area contributed by atoms with Crippen LogP contribution in [0.2, 0.25) is 0 Å². The summed E-state index contributed by atoms with van der Waals surface area (Å²) in [5.74, 6) is 0.0737. The summed E-state index contributed by atoms with van der Waals surface area (Å²) in [6, 6.07) is 16.1. The number of benzene rings is 1. The molecule has 0 radical (unpaired) electrons. The van der Waals surface area contributed by atoms with Gasteiger partial charge in [0.15, 0.2) is 0 Å². The second-order valence-corrected chi connectivity index (χ2v) is 7.70. The molecule has 7 heteroatoms. The first-order valence-corrected chi connectivity index (χ1v) is 10.2. The molecule has 0 spiro atoms. The Kier molecular flexibility index (Phi) is 6.02. The highest BCUT2D eigenvalue weighted by molar-refractivity contribution is 5.78. The third-order valence-electron chi connectivity index (χ3n) is 5.51. The number of nitrogens with zero attached hydrogens (tertiary/aromatic N) is 3. The van der Waals surface area contributed by atoms with Gasteiger partial charge in [-0.25, -0.2) is 0 Å². The van der Waals surface area contributed by atoms with E-state index >= 15 is 0 Å². The maximum atomic E-state index is 13.1. The maximum absolute atomic E-state index is 13.1. The molecule has 3 heterocycles. The van der Waals surface area contributed by atoms with Gasteiger partial charge in [-0.15, -0.1) is 0 Å². The molecule has 160 valence electrons. The minimum Gasteiger partial charge on any atom is -0.342 e. The van der Waals surface area contributed by atoms with Crippen LogP contribution in [0.1, 0.15) is 35.7 Å². The molecule has 1 amide bonds. The Morgan fingerprint density at radius 3 is 2.68 bits per heavy atom. The summed E-state index contributed by atoms with van der Waals surface area (Å²) in [4.78, 5) is 23.4. The maximum Gasteiger partial charge on any atom is 0.416 e. The third-order valence-corrected chi connectivity index (χ3v) is 5.51. The molecule has 1 fully saturated rings. The number of piperidine rings is 1. The summed E-state index contributed by atoms with van der Waals surface area (Å²) in [6.45, 7) is 1.24. The van der Waals surface area contributed by atoms with Crippen LogP contribution < -0.4 is 0 Å². The van der Waals surface area contributed by atoms with Crippen LogP contribution in [0.4, 0.5) is 13.2 Å². The van der Waals surface area contributed by atoms with Gasteiger partial charge in [0.25, 0.3) is 0 Å². The summed E-state index contributed by atoms with van der Waals surface area (Å²) in [6.07, 6.45) is -0.734. The molecule has 31 heavy (non-hydrogen) atoms. The highest BCUT2D eigenvalue weighted by Gasteiger charge is 2.31. The van der Waals surface area contributed by atoms with Gasteiger partial charge in [-0.2, -0.15) is 13.2 Å². The number of aromatic nitrogens is 2. The number of likely N-dealkylation sites (tertiary alicyclic amines) is 1. The summed E-state index contributed by atoms with van der Waals surface area (Å²) >= 11 is 0. The van der Waals surface area contributed by atoms with Crippen LogP contribution >= 0.6 is 0 Å². The number of hydrogen-bond acceptors (Lipinski definition) is 3. The number of hydrogen-bond donors (Lipinski definition) is 0. The summed E-state index contributed by atoms with van der Waals surface area (Å²) in [5, 5.41) is 0. The van der Waals surface area contributed by atoms with E-state index in [1.54, 1.807) is 18.3 Å². The van der Waals surface area contributed by atoms with Crippen LogP contribution in [-0.4, -0.2) is 33.9 Å². The Morgan fingerprint density at radius 1 is 1.06 bits per heavy atom. The minimum absolute atomic E-state index is 0.0254. The van der Waals surface area contributed by atoms with Gasteiger partial charge in [0.05, 0.1) is 17.7 Å². The van der Waals surface area contributed by atoms with Crippen LogP contribution in [0.5, 0.6) is 0 Å². The molecule has 1 aliphatic heterocycles. The van der Waals surface area contributed by atoms with Gasteiger partial charge in [-0.05, 0) is 49.2 Å². The van der Waals surface area contributed by atoms with Crippen molar-refractivity contribution < 1.29 is 18.0 Å². The monoisotopic (exact) mass is 425 g/mol. The topological polar surface area (TPSA) is 46.1 Å². The van der Waals surface area contributed by atoms with Crippen LogP contribution in [-0.2, 0) is 17.4 Å². The largest absolute Gasteiger partial charge is 0.416 e. The van der Waals surface area contributed by atoms with Crippen molar-refractivity contribution in [3.63, 3.8) is 0 Å². The standard InChI is InChI=1S/C24H22F3N3O/c25-24(26,27)19-8-3-6-17(14-19)21-10-4-11-22(29-21)18-7-5-13-30(16-18)23(31)15-20-9-1-2-12-28-20/h1-4,6,8-12,14,18H,5,7,13,15-16H2/t18-/m0/s1. The number of amides is 1. The highest BCUT2D eigenvalue weighted by Crippen LogP contribution is 2.33. The predicted molar refractivity (Wildman–Crippen MR) is 111 cm³/mol. The van der Waals surface area contributed by atoms with Crippen LogP contribution in [0, 0.1) is 0 Å². The van der Waals surface area contributed by atoms with Gasteiger partial charge < -0.3 is 4.90 Å². The van der Waals surface area contributed by atoms with E-state index in [0.29, 0.717) is 24.3 Å². The summed E-state index contributed by atoms with van der Waals surface area (Å²) in [7, 11) is 0. The smallest absolute Gasteiger partial charge is 0.342 e. The lowest BCUT2D eigenvalue weighted by atomic mass is 9.93. The van der Waals surface area contributed by atoms with Crippen molar-refractivity contribution in [2.75, 3.05) is 13.1 Å². The second kappa shape index (κ2) is 8.88. The highest BCUT2D eigenvalue weighted by atomic mass is 19.4. The molecular weight excluding hydrogens is 403 g/mol. The lowest BCUT2D eigenvalue weighted by molar-refractivity contribution is -0.137. The molecule has 1 aliphatic rings. The average Bonchev–Trinajstić information content (AvgIpc) is 2.79. The van der Waals surface area contributed by atoms with Crippen molar-refractivity contribution >= 4 is 5.91 Å². The molecule has 1 atom stereocenters. The zero-order valence-corrected chi connectivity index (χ0v) is 16.8. The first-order chi connectivity index (χ1) is 14.9. The van der Waals surface area contributed by atoms with E-state index < -0.39 is 11.7 Å². The van der Waals surface area contributed by atoms with Gasteiger partial charge >= 0.3 is 6.18 Å². The number of carbonyl (C=O) groups is 1. The Hall–Kier alpha value is -3.22. The van der Waals surface area contributed by atoms with Gasteiger partial charge in [0.2, 0.25) is 5.91 Å². The van der Waals surface area contributed by atoms with E-state index in [2.05, 4.69) is 9.97 Å². The normalized spacial score (nSPS) is 16.9. The predicted octanol–water partition coefficient (Wildman–Crippen LogP) is 5.11. The molecule has 1 saturated heterocycles. The molecule has 0 N–H and O–H groups in total. The molecule has 0 unspecified atom stereocenters. The molecule has 1 aromatic carbocycles. The molecule has 4 nitrogen and oxygen atoms in total. The third kappa shape index (κ3) is 5.10. The van der Waals surface area contributed by atoms with E-state index in [1.165, 1.54) is 6.07 Å².